The molecule has 0 fully saturated rings. The summed E-state index contributed by atoms with van der Waals surface area (Å²) >= 11 is 6.25. The third-order valence-corrected chi connectivity index (χ3v) is 6.25. The Kier molecular flexibility index (Phi) is 6.62. The van der Waals surface area contributed by atoms with Gasteiger partial charge in [-0.25, -0.2) is 31.0 Å². The molecule has 3 aromatic heterocycles. The molecule has 0 bridgehead atoms. The summed E-state index contributed by atoms with van der Waals surface area (Å²) in [5, 5.41) is 4.28. The van der Waals surface area contributed by atoms with Crippen LogP contribution in [0.15, 0.2) is 35.6 Å². The molecule has 0 unspecified atom stereocenters. The summed E-state index contributed by atoms with van der Waals surface area (Å²) in [5.74, 6) is -2.06. The molecule has 0 saturated carbocycles. The zero-order chi connectivity index (χ0) is 25.3. The van der Waals surface area contributed by atoms with Crippen LogP contribution in [0.2, 0.25) is 5.02 Å². The lowest BCUT2D eigenvalue weighted by atomic mass is 10.2. The molecule has 16 heteroatoms. The first-order chi connectivity index (χ1) is 16.6. The molecule has 35 heavy (non-hydrogen) atoms. The number of benzene rings is 1. The van der Waals surface area contributed by atoms with Gasteiger partial charge in [0.15, 0.2) is 5.82 Å². The van der Waals surface area contributed by atoms with Crippen LogP contribution in [0.4, 0.5) is 19.1 Å². The van der Waals surface area contributed by atoms with E-state index in [0.29, 0.717) is 0 Å². The van der Waals surface area contributed by atoms with Gasteiger partial charge in [0.2, 0.25) is 11.7 Å². The summed E-state index contributed by atoms with van der Waals surface area (Å²) in [5.41, 5.74) is 0.502. The van der Waals surface area contributed by atoms with Gasteiger partial charge in [-0.2, -0.15) is 15.1 Å². The number of rotatable bonds is 9. The molecule has 0 radical (unpaired) electrons. The van der Waals surface area contributed by atoms with E-state index in [-0.39, 0.29) is 44.0 Å². The van der Waals surface area contributed by atoms with Gasteiger partial charge in [0.05, 0.1) is 37.2 Å². The van der Waals surface area contributed by atoms with E-state index in [4.69, 9.17) is 25.8 Å². The number of nitrogens with one attached hydrogen (secondary N) is 2. The maximum atomic E-state index is 13.5. The van der Waals surface area contributed by atoms with Gasteiger partial charge in [0.1, 0.15) is 17.2 Å². The highest BCUT2D eigenvalue weighted by atomic mass is 35.5. The molecule has 186 valence electrons. The van der Waals surface area contributed by atoms with Crippen molar-refractivity contribution < 1.29 is 35.8 Å². The lowest BCUT2D eigenvalue weighted by molar-refractivity contribution is 0.0781. The van der Waals surface area contributed by atoms with Crippen LogP contribution in [-0.4, -0.2) is 60.4 Å². The van der Waals surface area contributed by atoms with E-state index in [0.717, 1.165) is 17.1 Å². The Morgan fingerprint density at radius 2 is 1.89 bits per heavy atom. The first-order valence-corrected chi connectivity index (χ1v) is 11.4. The van der Waals surface area contributed by atoms with Crippen LogP contribution in [0.25, 0.3) is 16.6 Å². The Morgan fingerprint density at radius 1 is 1.20 bits per heavy atom. The Labute approximate surface area is 200 Å². The van der Waals surface area contributed by atoms with Gasteiger partial charge in [-0.3, -0.25) is 0 Å². The highest BCUT2D eigenvalue weighted by Gasteiger charge is 2.26. The van der Waals surface area contributed by atoms with Crippen molar-refractivity contribution in [2.24, 2.45) is 0 Å². The van der Waals surface area contributed by atoms with Crippen molar-refractivity contribution >= 4 is 38.5 Å². The highest BCUT2D eigenvalue weighted by Crippen LogP contribution is 2.37. The molecule has 4 rings (SSSR count). The summed E-state index contributed by atoms with van der Waals surface area (Å²) in [4.78, 5) is 10.3. The number of methoxy groups -OCH3 is 2. The molecular formula is C19H16ClF3N6O5S. The van der Waals surface area contributed by atoms with Crippen LogP contribution in [-0.2, 0) is 10.0 Å². The third kappa shape index (κ3) is 4.77. The minimum absolute atomic E-state index is 0.191. The van der Waals surface area contributed by atoms with E-state index in [1.165, 1.54) is 32.5 Å². The third-order valence-electron chi connectivity index (χ3n) is 4.58. The van der Waals surface area contributed by atoms with E-state index in [2.05, 4.69) is 24.8 Å². The highest BCUT2D eigenvalue weighted by molar-refractivity contribution is 7.93. The number of halogens is 4. The van der Waals surface area contributed by atoms with E-state index in [1.54, 1.807) is 0 Å². The summed E-state index contributed by atoms with van der Waals surface area (Å²) in [6, 6.07) is 2.89. The summed E-state index contributed by atoms with van der Waals surface area (Å²) in [7, 11) is -1.96. The molecule has 0 atom stereocenters. The van der Waals surface area contributed by atoms with E-state index < -0.39 is 34.8 Å². The smallest absolute Gasteiger partial charge is 0.272 e. The fraction of sp³-hybridized carbons (Fsp3) is 0.211. The van der Waals surface area contributed by atoms with Gasteiger partial charge in [-0.1, -0.05) is 11.6 Å². The van der Waals surface area contributed by atoms with Crippen molar-refractivity contribution in [1.82, 2.24) is 24.7 Å². The van der Waals surface area contributed by atoms with Gasteiger partial charge in [-0.05, 0) is 12.1 Å². The zero-order valence-corrected chi connectivity index (χ0v) is 19.5. The van der Waals surface area contributed by atoms with Crippen LogP contribution in [0.1, 0.15) is 0 Å². The molecule has 0 aliphatic heterocycles. The predicted octanol–water partition coefficient (Wildman–Crippen LogP) is 3.40. The topological polar surface area (TPSA) is 133 Å². The van der Waals surface area contributed by atoms with Gasteiger partial charge in [0.25, 0.3) is 28.2 Å². The molecule has 0 aliphatic rings. The van der Waals surface area contributed by atoms with Gasteiger partial charge in [-0.15, -0.1) is 0 Å². The van der Waals surface area contributed by atoms with Crippen LogP contribution in [0.3, 0.4) is 0 Å². The molecule has 0 saturated heterocycles. The van der Waals surface area contributed by atoms with E-state index >= 15 is 0 Å². The van der Waals surface area contributed by atoms with Crippen molar-refractivity contribution in [2.45, 2.75) is 11.3 Å². The van der Waals surface area contributed by atoms with Crippen LogP contribution >= 0.6 is 11.6 Å². The van der Waals surface area contributed by atoms with Crippen molar-refractivity contribution in [3.63, 3.8) is 0 Å². The predicted molar refractivity (Wildman–Crippen MR) is 118 cm³/mol. The number of fused-ring (bicyclic) bond motifs is 1. The number of aromatic amines is 1. The lowest BCUT2D eigenvalue weighted by Gasteiger charge is -2.14. The van der Waals surface area contributed by atoms with Crippen molar-refractivity contribution in [2.75, 3.05) is 25.5 Å². The van der Waals surface area contributed by atoms with Crippen LogP contribution in [0, 0.1) is 5.82 Å². The maximum Gasteiger partial charge on any atom is 0.272 e. The first kappa shape index (κ1) is 24.4. The molecule has 2 N–H and O–H groups in total. The fourth-order valence-corrected chi connectivity index (χ4v) is 4.54. The molecule has 0 spiro atoms. The van der Waals surface area contributed by atoms with Crippen molar-refractivity contribution in [3.05, 3.63) is 41.6 Å². The second kappa shape index (κ2) is 9.50. The number of nitrogens with zero attached hydrogens (tertiary/aromatic N) is 4. The minimum Gasteiger partial charge on any atom is -0.478 e. The molecule has 4 aromatic rings. The second-order valence-corrected chi connectivity index (χ2v) is 8.84. The van der Waals surface area contributed by atoms with E-state index in [9.17, 15) is 21.6 Å². The molecule has 3 heterocycles. The average molecular weight is 533 g/mol. The summed E-state index contributed by atoms with van der Waals surface area (Å²) in [6.07, 6.45) is 0.463. The quantitative estimate of drug-likeness (QED) is 0.335. The Balaban J connectivity index is 1.74. The molecule has 0 amide bonds. The number of aromatic nitrogens is 5. The average Bonchev–Trinajstić information content (AvgIpc) is 3.43. The second-order valence-electron chi connectivity index (χ2n) is 6.78. The largest absolute Gasteiger partial charge is 0.478 e. The number of sulfonamides is 1. The molecule has 11 nitrogen and oxygen atoms in total. The van der Waals surface area contributed by atoms with Gasteiger partial charge < -0.3 is 19.2 Å². The number of H-pyrrole nitrogens is 1. The number of hydrogen-bond acceptors (Lipinski definition) is 8. The molecule has 0 aliphatic carbocycles. The number of alkyl halides is 2. The van der Waals surface area contributed by atoms with Crippen LogP contribution in [0.5, 0.6) is 17.5 Å². The SMILES string of the molecule is COc1nc(NS(=O)(=O)c2c[nH]c3c(-n4cc(F)cn4)c(Cl)ccc23)nc(OC)c1OCC(F)F. The fourth-order valence-electron chi connectivity index (χ4n) is 3.18. The summed E-state index contributed by atoms with van der Waals surface area (Å²) < 4.78 is 83.3. The van der Waals surface area contributed by atoms with Crippen molar-refractivity contribution in [3.8, 4) is 23.2 Å². The Hall–Kier alpha value is -3.72. The number of hydrogen-bond donors (Lipinski definition) is 2. The molecule has 1 aromatic carbocycles. The number of anilines is 1. The normalized spacial score (nSPS) is 11.7. The zero-order valence-electron chi connectivity index (χ0n) is 17.9. The lowest BCUT2D eigenvalue weighted by Crippen LogP contribution is -2.16. The Bertz CT molecular complexity index is 1470. The van der Waals surface area contributed by atoms with Crippen molar-refractivity contribution in [1.29, 1.82) is 0 Å². The first-order valence-electron chi connectivity index (χ1n) is 9.58. The maximum absolute atomic E-state index is 13.5. The Morgan fingerprint density at radius 3 is 2.46 bits per heavy atom. The monoisotopic (exact) mass is 532 g/mol. The minimum atomic E-state index is -4.32. The standard InChI is InChI=1S/C19H16ClF3N6O5S/c1-32-17-16(34-8-13(22)23)18(33-2)27-19(26-17)28-35(30,31)12-6-24-14-10(12)3-4-11(20)15(14)29-7-9(21)5-25-29/h3-7,13,24H,8H2,1-2H3,(H,26,27,28). The summed E-state index contributed by atoms with van der Waals surface area (Å²) in [6.45, 7) is -0.985. The molecular weight excluding hydrogens is 517 g/mol. The van der Waals surface area contributed by atoms with Gasteiger partial charge in [0, 0.05) is 11.6 Å². The number of ether oxygens (including phenoxy) is 3. The van der Waals surface area contributed by atoms with Crippen LogP contribution < -0.4 is 18.9 Å². The van der Waals surface area contributed by atoms with E-state index in [1.807, 2.05) is 0 Å². The van der Waals surface area contributed by atoms with Gasteiger partial charge >= 0.3 is 0 Å².